The molecule has 18 heavy (non-hydrogen) atoms. The van der Waals surface area contributed by atoms with Gasteiger partial charge in [0.2, 0.25) is 0 Å². The predicted molar refractivity (Wildman–Crippen MR) is 72.7 cm³/mol. The normalized spacial score (nSPS) is 14.7. The van der Waals surface area contributed by atoms with Crippen LogP contribution in [0.4, 0.5) is 5.69 Å². The second kappa shape index (κ2) is 4.49. The molecule has 0 radical (unpaired) electrons. The van der Waals surface area contributed by atoms with Crippen LogP contribution in [0.5, 0.6) is 0 Å². The van der Waals surface area contributed by atoms with Gasteiger partial charge in [-0.3, -0.25) is 9.69 Å². The first-order chi connectivity index (χ1) is 8.83. The van der Waals surface area contributed by atoms with E-state index < -0.39 is 0 Å². The van der Waals surface area contributed by atoms with Gasteiger partial charge in [-0.15, -0.1) is 0 Å². The van der Waals surface area contributed by atoms with Gasteiger partial charge in [0.25, 0.3) is 0 Å². The molecule has 0 saturated heterocycles. The van der Waals surface area contributed by atoms with Crippen LogP contribution in [0.2, 0.25) is 0 Å². The van der Waals surface area contributed by atoms with Gasteiger partial charge in [-0.25, -0.2) is 0 Å². The molecule has 0 bridgehead atoms. The van der Waals surface area contributed by atoms with Crippen molar-refractivity contribution in [3.63, 3.8) is 0 Å². The van der Waals surface area contributed by atoms with Gasteiger partial charge in [0.1, 0.15) is 0 Å². The third-order valence-corrected chi connectivity index (χ3v) is 2.84. The van der Waals surface area contributed by atoms with E-state index >= 15 is 0 Å². The minimum absolute atomic E-state index is 0.799. The number of aryl methyl sites for hydroxylation is 1. The van der Waals surface area contributed by atoms with E-state index in [4.69, 9.17) is 0 Å². The summed E-state index contributed by atoms with van der Waals surface area (Å²) < 4.78 is 1.78. The minimum atomic E-state index is 0.799. The third kappa shape index (κ3) is 2.05. The van der Waals surface area contributed by atoms with Crippen molar-refractivity contribution in [2.75, 3.05) is 11.6 Å². The Hall–Kier alpha value is -2.36. The number of rotatable bonds is 2. The van der Waals surface area contributed by atoms with Crippen LogP contribution in [0.25, 0.3) is 0 Å². The summed E-state index contributed by atoms with van der Waals surface area (Å²) in [6, 6.07) is 10.2. The molecule has 90 valence electrons. The largest absolute Gasteiger partial charge is 0.275 e. The second-order valence-electron chi connectivity index (χ2n) is 4.21. The summed E-state index contributed by atoms with van der Waals surface area (Å²) in [6.45, 7) is 0.799. The summed E-state index contributed by atoms with van der Waals surface area (Å²) in [5, 5.41) is 10.8. The molecule has 1 aliphatic heterocycles. The van der Waals surface area contributed by atoms with E-state index in [1.165, 1.54) is 0 Å². The molecule has 2 heterocycles. The summed E-state index contributed by atoms with van der Waals surface area (Å²) >= 11 is 0. The van der Waals surface area contributed by atoms with E-state index in [2.05, 4.69) is 28.4 Å². The maximum atomic E-state index is 4.65. The molecular weight excluding hydrogens is 224 g/mol. The number of hydrogen-bond acceptors (Lipinski definition) is 3. The van der Waals surface area contributed by atoms with E-state index in [9.17, 15) is 0 Å². The molecule has 1 aromatic heterocycles. The number of nitrogens with zero attached hydrogens (tertiary/aromatic N) is 4. The standard InChI is InChI=1S/C14H14N4/c1-17-11-12(10-15-17)14-8-5-9-18(16-14)13-6-3-2-4-7-13/h2-8,10-11H,9H2,1H3. The van der Waals surface area contributed by atoms with Gasteiger partial charge in [0.05, 0.1) is 24.1 Å². The zero-order valence-electron chi connectivity index (χ0n) is 10.2. The fourth-order valence-electron chi connectivity index (χ4n) is 1.94. The zero-order valence-corrected chi connectivity index (χ0v) is 10.2. The van der Waals surface area contributed by atoms with Crippen molar-refractivity contribution in [1.82, 2.24) is 9.78 Å². The summed E-state index contributed by atoms with van der Waals surface area (Å²) in [7, 11) is 1.91. The van der Waals surface area contributed by atoms with Crippen molar-refractivity contribution in [3.05, 3.63) is 60.4 Å². The molecule has 1 aliphatic rings. The average Bonchev–Trinajstić information content (AvgIpc) is 2.87. The number of anilines is 1. The number of aromatic nitrogens is 2. The molecule has 0 N–H and O–H groups in total. The van der Waals surface area contributed by atoms with Crippen molar-refractivity contribution in [3.8, 4) is 0 Å². The Balaban J connectivity index is 1.92. The Morgan fingerprint density at radius 2 is 2.00 bits per heavy atom. The van der Waals surface area contributed by atoms with Gasteiger partial charge >= 0.3 is 0 Å². The molecule has 0 unspecified atom stereocenters. The highest BCUT2D eigenvalue weighted by atomic mass is 15.5. The lowest BCUT2D eigenvalue weighted by molar-refractivity contribution is 0.767. The summed E-state index contributed by atoms with van der Waals surface area (Å²) in [5.41, 5.74) is 3.08. The molecule has 1 aromatic carbocycles. The Bertz CT molecular complexity index is 595. The van der Waals surface area contributed by atoms with Crippen LogP contribution in [0.1, 0.15) is 5.56 Å². The van der Waals surface area contributed by atoms with Crippen LogP contribution in [0, 0.1) is 0 Å². The first kappa shape index (κ1) is 10.8. The van der Waals surface area contributed by atoms with Crippen molar-refractivity contribution in [2.24, 2.45) is 12.1 Å². The fraction of sp³-hybridized carbons (Fsp3) is 0.143. The van der Waals surface area contributed by atoms with Gasteiger partial charge in [0, 0.05) is 18.8 Å². The Morgan fingerprint density at radius 3 is 2.72 bits per heavy atom. The fourth-order valence-corrected chi connectivity index (χ4v) is 1.94. The quantitative estimate of drug-likeness (QED) is 0.803. The van der Waals surface area contributed by atoms with Crippen LogP contribution >= 0.6 is 0 Å². The number of allylic oxidation sites excluding steroid dienone is 1. The molecule has 2 aromatic rings. The van der Waals surface area contributed by atoms with E-state index in [0.29, 0.717) is 0 Å². The van der Waals surface area contributed by atoms with Crippen molar-refractivity contribution in [2.45, 2.75) is 0 Å². The number of para-hydroxylation sites is 1. The summed E-state index contributed by atoms with van der Waals surface area (Å²) in [4.78, 5) is 0. The van der Waals surface area contributed by atoms with Crippen LogP contribution in [-0.4, -0.2) is 22.0 Å². The van der Waals surface area contributed by atoms with Crippen LogP contribution < -0.4 is 5.01 Å². The molecule has 0 spiro atoms. The molecule has 3 rings (SSSR count). The number of hydrogen-bond donors (Lipinski definition) is 0. The number of hydrazone groups is 1. The number of benzene rings is 1. The van der Waals surface area contributed by atoms with Crippen molar-refractivity contribution in [1.29, 1.82) is 0 Å². The first-order valence-electron chi connectivity index (χ1n) is 5.90. The molecule has 0 fully saturated rings. The SMILES string of the molecule is Cn1cc(C2=NN(c3ccccc3)CC=C2)cn1. The van der Waals surface area contributed by atoms with Gasteiger partial charge < -0.3 is 0 Å². The third-order valence-electron chi connectivity index (χ3n) is 2.84. The summed E-state index contributed by atoms with van der Waals surface area (Å²) in [5.74, 6) is 0. The van der Waals surface area contributed by atoms with E-state index in [1.54, 1.807) is 4.68 Å². The lowest BCUT2D eigenvalue weighted by Gasteiger charge is -2.21. The van der Waals surface area contributed by atoms with Gasteiger partial charge in [-0.2, -0.15) is 10.2 Å². The van der Waals surface area contributed by atoms with Gasteiger partial charge in [-0.05, 0) is 18.2 Å². The Labute approximate surface area is 106 Å². The second-order valence-corrected chi connectivity index (χ2v) is 4.21. The zero-order chi connectivity index (χ0) is 12.4. The molecule has 4 nitrogen and oxygen atoms in total. The first-order valence-corrected chi connectivity index (χ1v) is 5.90. The molecular formula is C14H14N4. The topological polar surface area (TPSA) is 33.4 Å². The van der Waals surface area contributed by atoms with Gasteiger partial charge in [-0.1, -0.05) is 24.3 Å². The van der Waals surface area contributed by atoms with E-state index in [1.807, 2.05) is 48.7 Å². The highest BCUT2D eigenvalue weighted by Crippen LogP contribution is 2.17. The lowest BCUT2D eigenvalue weighted by Crippen LogP contribution is -2.22. The van der Waals surface area contributed by atoms with Crippen molar-refractivity contribution >= 4 is 11.4 Å². The molecule has 4 heteroatoms. The van der Waals surface area contributed by atoms with Crippen molar-refractivity contribution < 1.29 is 0 Å². The van der Waals surface area contributed by atoms with E-state index in [0.717, 1.165) is 23.5 Å². The smallest absolute Gasteiger partial charge is 0.0937 e. The molecule has 0 saturated carbocycles. The highest BCUT2D eigenvalue weighted by molar-refractivity contribution is 6.09. The predicted octanol–water partition coefficient (Wildman–Crippen LogP) is 2.20. The van der Waals surface area contributed by atoms with Crippen LogP contribution in [0.3, 0.4) is 0 Å². The van der Waals surface area contributed by atoms with Crippen LogP contribution in [-0.2, 0) is 7.05 Å². The monoisotopic (exact) mass is 238 g/mol. The lowest BCUT2D eigenvalue weighted by atomic mass is 10.2. The molecule has 0 atom stereocenters. The minimum Gasteiger partial charge on any atom is -0.275 e. The molecule has 0 aliphatic carbocycles. The van der Waals surface area contributed by atoms with Gasteiger partial charge in [0.15, 0.2) is 0 Å². The highest BCUT2D eigenvalue weighted by Gasteiger charge is 2.11. The maximum Gasteiger partial charge on any atom is 0.0937 e. The maximum absolute atomic E-state index is 4.65. The van der Waals surface area contributed by atoms with E-state index in [-0.39, 0.29) is 0 Å². The van der Waals surface area contributed by atoms with Crippen LogP contribution in [0.15, 0.2) is 60.0 Å². The Morgan fingerprint density at radius 1 is 1.17 bits per heavy atom. The molecule has 0 amide bonds. The summed E-state index contributed by atoms with van der Waals surface area (Å²) in [6.07, 6.45) is 7.95. The average molecular weight is 238 g/mol. The Kier molecular flexibility index (Phi) is 2.68.